The quantitative estimate of drug-likeness (QED) is 0.857. The van der Waals surface area contributed by atoms with Crippen molar-refractivity contribution >= 4 is 51.4 Å². The van der Waals surface area contributed by atoms with E-state index in [0.717, 1.165) is 21.6 Å². The summed E-state index contributed by atoms with van der Waals surface area (Å²) in [6.07, 6.45) is 0. The molecule has 1 aromatic rings. The standard InChI is InChI=1S/C14H18ClN3S2/c1-14(2)12(19)16-13(17-14)20-8-9-5-6-10(15)7-11(9)18(3)4/h5-7H,8H2,1-4H3,(H,16,17,19). The van der Waals surface area contributed by atoms with Crippen LogP contribution in [0.3, 0.4) is 0 Å². The molecule has 0 unspecified atom stereocenters. The molecule has 1 heterocycles. The lowest BCUT2D eigenvalue weighted by molar-refractivity contribution is 0.644. The van der Waals surface area contributed by atoms with Gasteiger partial charge in [-0.25, -0.2) is 4.99 Å². The second-order valence-electron chi connectivity index (χ2n) is 5.43. The van der Waals surface area contributed by atoms with Crippen LogP contribution in [-0.4, -0.2) is 29.8 Å². The highest BCUT2D eigenvalue weighted by Crippen LogP contribution is 2.28. The molecule has 0 saturated heterocycles. The van der Waals surface area contributed by atoms with E-state index in [9.17, 15) is 0 Å². The van der Waals surface area contributed by atoms with E-state index in [1.54, 1.807) is 11.8 Å². The molecule has 0 radical (unpaired) electrons. The monoisotopic (exact) mass is 327 g/mol. The first kappa shape index (κ1) is 15.6. The van der Waals surface area contributed by atoms with E-state index in [1.807, 2.05) is 40.1 Å². The zero-order valence-corrected chi connectivity index (χ0v) is 14.4. The Morgan fingerprint density at radius 1 is 1.40 bits per heavy atom. The molecule has 0 spiro atoms. The first-order chi connectivity index (χ1) is 9.29. The number of nitrogens with zero attached hydrogens (tertiary/aromatic N) is 2. The molecule has 0 saturated carbocycles. The predicted octanol–water partition coefficient (Wildman–Crippen LogP) is 3.70. The fourth-order valence-electron chi connectivity index (χ4n) is 1.87. The van der Waals surface area contributed by atoms with E-state index < -0.39 is 0 Å². The third-order valence-electron chi connectivity index (χ3n) is 3.05. The first-order valence-corrected chi connectivity index (χ1v) is 8.06. The Bertz CT molecular complexity index is 568. The summed E-state index contributed by atoms with van der Waals surface area (Å²) in [5.41, 5.74) is 2.14. The van der Waals surface area contributed by atoms with Crippen molar-refractivity contribution in [2.75, 3.05) is 19.0 Å². The number of rotatable bonds is 3. The third kappa shape index (κ3) is 3.45. The maximum atomic E-state index is 6.06. The lowest BCUT2D eigenvalue weighted by Gasteiger charge is -2.19. The first-order valence-electron chi connectivity index (χ1n) is 6.29. The summed E-state index contributed by atoms with van der Waals surface area (Å²) in [6, 6.07) is 5.96. The number of nitrogens with one attached hydrogen (secondary N) is 1. The van der Waals surface area contributed by atoms with Gasteiger partial charge >= 0.3 is 0 Å². The summed E-state index contributed by atoms with van der Waals surface area (Å²) >= 11 is 13.0. The molecule has 0 bridgehead atoms. The molecule has 1 aromatic carbocycles. The van der Waals surface area contributed by atoms with Gasteiger partial charge in [-0.3, -0.25) is 0 Å². The number of benzene rings is 1. The maximum absolute atomic E-state index is 6.06. The zero-order valence-electron chi connectivity index (χ0n) is 12.0. The lowest BCUT2D eigenvalue weighted by Crippen LogP contribution is -2.40. The maximum Gasteiger partial charge on any atom is 0.163 e. The molecule has 108 valence electrons. The van der Waals surface area contributed by atoms with Crippen molar-refractivity contribution in [2.45, 2.75) is 25.1 Å². The van der Waals surface area contributed by atoms with Crippen molar-refractivity contribution in [3.63, 3.8) is 0 Å². The second-order valence-corrected chi connectivity index (χ2v) is 7.22. The van der Waals surface area contributed by atoms with Gasteiger partial charge in [-0.15, -0.1) is 0 Å². The van der Waals surface area contributed by atoms with Gasteiger partial charge in [-0.05, 0) is 31.5 Å². The van der Waals surface area contributed by atoms with E-state index in [4.69, 9.17) is 23.8 Å². The summed E-state index contributed by atoms with van der Waals surface area (Å²) < 4.78 is 0. The van der Waals surface area contributed by atoms with E-state index >= 15 is 0 Å². The van der Waals surface area contributed by atoms with Crippen molar-refractivity contribution in [1.82, 2.24) is 5.32 Å². The Morgan fingerprint density at radius 3 is 2.65 bits per heavy atom. The number of aliphatic imine (C=N–C) groups is 1. The minimum Gasteiger partial charge on any atom is -0.377 e. The van der Waals surface area contributed by atoms with Crippen molar-refractivity contribution in [1.29, 1.82) is 0 Å². The van der Waals surface area contributed by atoms with E-state index in [-0.39, 0.29) is 5.54 Å². The topological polar surface area (TPSA) is 27.6 Å². The summed E-state index contributed by atoms with van der Waals surface area (Å²) in [5.74, 6) is 0.829. The molecule has 3 nitrogen and oxygen atoms in total. The smallest absolute Gasteiger partial charge is 0.163 e. The third-order valence-corrected chi connectivity index (χ3v) is 4.81. The van der Waals surface area contributed by atoms with Crippen LogP contribution in [-0.2, 0) is 5.75 Å². The molecule has 0 aromatic heterocycles. The number of halogens is 1. The van der Waals surface area contributed by atoms with Gasteiger partial charge in [0.2, 0.25) is 0 Å². The number of amidine groups is 1. The van der Waals surface area contributed by atoms with E-state index in [2.05, 4.69) is 21.3 Å². The summed E-state index contributed by atoms with van der Waals surface area (Å²) in [4.78, 5) is 7.19. The average molecular weight is 328 g/mol. The Morgan fingerprint density at radius 2 is 2.10 bits per heavy atom. The van der Waals surface area contributed by atoms with Gasteiger partial charge < -0.3 is 10.2 Å². The van der Waals surface area contributed by atoms with Crippen molar-refractivity contribution in [2.24, 2.45) is 4.99 Å². The molecule has 0 amide bonds. The van der Waals surface area contributed by atoms with Crippen molar-refractivity contribution < 1.29 is 0 Å². The molecular weight excluding hydrogens is 310 g/mol. The fraction of sp³-hybridized carbons (Fsp3) is 0.429. The molecule has 2 rings (SSSR count). The molecular formula is C14H18ClN3S2. The van der Waals surface area contributed by atoms with Gasteiger partial charge in [-0.1, -0.05) is 41.6 Å². The van der Waals surface area contributed by atoms with Gasteiger partial charge in [-0.2, -0.15) is 0 Å². The highest BCUT2D eigenvalue weighted by Gasteiger charge is 2.30. The Hall–Kier alpha value is -0.780. The summed E-state index contributed by atoms with van der Waals surface area (Å²) in [5, 5.41) is 4.98. The van der Waals surface area contributed by atoms with Crippen molar-refractivity contribution in [3.8, 4) is 0 Å². The summed E-state index contributed by atoms with van der Waals surface area (Å²) in [7, 11) is 4.03. The number of hydrogen-bond donors (Lipinski definition) is 1. The van der Waals surface area contributed by atoms with Crippen LogP contribution in [0.5, 0.6) is 0 Å². The average Bonchev–Trinajstić information content (AvgIpc) is 2.61. The minimum absolute atomic E-state index is 0.220. The van der Waals surface area contributed by atoms with Crippen LogP contribution in [0.4, 0.5) is 5.69 Å². The van der Waals surface area contributed by atoms with Crippen LogP contribution in [0.2, 0.25) is 5.02 Å². The van der Waals surface area contributed by atoms with Crippen LogP contribution in [0.25, 0.3) is 0 Å². The number of thiocarbonyl (C=S) groups is 1. The predicted molar refractivity (Wildman–Crippen MR) is 94.3 cm³/mol. The Labute approximate surface area is 134 Å². The van der Waals surface area contributed by atoms with E-state index in [1.165, 1.54) is 5.56 Å². The van der Waals surface area contributed by atoms with Gasteiger partial charge in [0.25, 0.3) is 0 Å². The number of hydrogen-bond acceptors (Lipinski definition) is 4. The molecule has 0 aliphatic carbocycles. The van der Waals surface area contributed by atoms with E-state index in [0.29, 0.717) is 4.99 Å². The Balaban J connectivity index is 2.09. The molecule has 1 aliphatic heterocycles. The highest BCUT2D eigenvalue weighted by atomic mass is 35.5. The molecule has 1 aliphatic rings. The molecule has 0 fully saturated rings. The largest absolute Gasteiger partial charge is 0.377 e. The normalized spacial score (nSPS) is 16.9. The zero-order chi connectivity index (χ0) is 14.9. The highest BCUT2D eigenvalue weighted by molar-refractivity contribution is 8.13. The van der Waals surface area contributed by atoms with Gasteiger partial charge in [0.1, 0.15) is 4.99 Å². The number of thioether (sulfide) groups is 1. The molecule has 0 atom stereocenters. The van der Waals surface area contributed by atoms with Crippen LogP contribution in [0.1, 0.15) is 19.4 Å². The van der Waals surface area contributed by atoms with Crippen LogP contribution in [0, 0.1) is 0 Å². The molecule has 6 heteroatoms. The summed E-state index contributed by atoms with van der Waals surface area (Å²) in [6.45, 7) is 4.08. The van der Waals surface area contributed by atoms with Crippen LogP contribution < -0.4 is 10.2 Å². The second kappa shape index (κ2) is 5.92. The van der Waals surface area contributed by atoms with Gasteiger partial charge in [0.05, 0.1) is 5.54 Å². The van der Waals surface area contributed by atoms with Crippen molar-refractivity contribution in [3.05, 3.63) is 28.8 Å². The van der Waals surface area contributed by atoms with Crippen LogP contribution in [0.15, 0.2) is 23.2 Å². The minimum atomic E-state index is -0.220. The SMILES string of the molecule is CN(C)c1cc(Cl)ccc1CSC1=NC(=S)C(C)(C)N1. The van der Waals surface area contributed by atoms with Crippen LogP contribution >= 0.6 is 35.6 Å². The van der Waals surface area contributed by atoms with Gasteiger partial charge in [0.15, 0.2) is 5.17 Å². The number of anilines is 1. The Kier molecular flexibility index (Phi) is 4.62. The molecule has 20 heavy (non-hydrogen) atoms. The lowest BCUT2D eigenvalue weighted by atomic mass is 10.1. The molecule has 1 N–H and O–H groups in total. The van der Waals surface area contributed by atoms with Gasteiger partial charge in [0, 0.05) is 30.6 Å². The fourth-order valence-corrected chi connectivity index (χ4v) is 3.26.